The molecule has 0 saturated heterocycles. The van der Waals surface area contributed by atoms with E-state index in [4.69, 9.17) is 0 Å². The van der Waals surface area contributed by atoms with Crippen molar-refractivity contribution in [2.75, 3.05) is 6.54 Å². The standard InChI is InChI=1S/C21H24N2O3/c1-11-9-13(3)23(8-7-21(4,5)6)18-16(11)19(25)15-12(2)10-14(24)22-17(15)20(18)26/h9-10H,3,7-8H2,1-2,4-6H3,(H,22,24). The lowest BCUT2D eigenvalue weighted by Crippen LogP contribution is -2.39. The number of hydrogen-bond acceptors (Lipinski definition) is 4. The Hall–Kier alpha value is -2.69. The van der Waals surface area contributed by atoms with E-state index in [9.17, 15) is 14.4 Å². The summed E-state index contributed by atoms with van der Waals surface area (Å²) in [5, 5.41) is 0. The molecule has 26 heavy (non-hydrogen) atoms. The summed E-state index contributed by atoms with van der Waals surface area (Å²) >= 11 is 0. The van der Waals surface area contributed by atoms with Crippen LogP contribution in [-0.4, -0.2) is 28.0 Å². The van der Waals surface area contributed by atoms with Crippen molar-refractivity contribution in [2.24, 2.45) is 5.41 Å². The molecule has 0 amide bonds. The molecule has 2 aliphatic rings. The van der Waals surface area contributed by atoms with Gasteiger partial charge in [-0.05, 0) is 42.9 Å². The summed E-state index contributed by atoms with van der Waals surface area (Å²) < 4.78 is 0. The van der Waals surface area contributed by atoms with Gasteiger partial charge in [0.05, 0.1) is 11.1 Å². The zero-order valence-corrected chi connectivity index (χ0v) is 15.9. The third-order valence-electron chi connectivity index (χ3n) is 4.85. The van der Waals surface area contributed by atoms with Crippen LogP contribution < -0.4 is 5.56 Å². The van der Waals surface area contributed by atoms with E-state index < -0.39 is 0 Å². The number of ketones is 2. The van der Waals surface area contributed by atoms with Gasteiger partial charge in [0, 0.05) is 18.3 Å². The number of carbonyl (C=O) groups excluding carboxylic acids is 2. The molecule has 136 valence electrons. The molecular formula is C21H24N2O3. The molecule has 0 radical (unpaired) electrons. The molecule has 0 atom stereocenters. The van der Waals surface area contributed by atoms with Crippen molar-refractivity contribution in [1.82, 2.24) is 9.88 Å². The average Bonchev–Trinajstić information content (AvgIpc) is 2.49. The molecule has 1 aromatic heterocycles. The average molecular weight is 352 g/mol. The van der Waals surface area contributed by atoms with Gasteiger partial charge in [-0.1, -0.05) is 27.4 Å². The van der Waals surface area contributed by atoms with Crippen molar-refractivity contribution < 1.29 is 9.59 Å². The number of H-pyrrole nitrogens is 1. The van der Waals surface area contributed by atoms with Gasteiger partial charge in [-0.2, -0.15) is 0 Å². The van der Waals surface area contributed by atoms with Crippen LogP contribution in [0, 0.1) is 12.3 Å². The second-order valence-electron chi connectivity index (χ2n) is 8.23. The Morgan fingerprint density at radius 3 is 2.38 bits per heavy atom. The van der Waals surface area contributed by atoms with Gasteiger partial charge in [-0.3, -0.25) is 14.4 Å². The van der Waals surface area contributed by atoms with Crippen LogP contribution in [0.5, 0.6) is 0 Å². The van der Waals surface area contributed by atoms with E-state index in [1.165, 1.54) is 6.07 Å². The minimum absolute atomic E-state index is 0.0712. The maximum atomic E-state index is 13.2. The quantitative estimate of drug-likeness (QED) is 0.884. The molecule has 0 spiro atoms. The number of aromatic nitrogens is 1. The fourth-order valence-corrected chi connectivity index (χ4v) is 3.48. The van der Waals surface area contributed by atoms with Crippen LogP contribution in [0.3, 0.4) is 0 Å². The zero-order valence-electron chi connectivity index (χ0n) is 15.9. The summed E-state index contributed by atoms with van der Waals surface area (Å²) in [5.74, 6) is -0.539. The molecule has 1 aromatic rings. The number of carbonyl (C=O) groups is 2. The van der Waals surface area contributed by atoms with Crippen LogP contribution in [0.25, 0.3) is 0 Å². The Morgan fingerprint density at radius 1 is 1.12 bits per heavy atom. The fraction of sp³-hybridized carbons (Fsp3) is 0.381. The van der Waals surface area contributed by atoms with E-state index in [2.05, 4.69) is 32.3 Å². The number of aryl methyl sites for hydroxylation is 1. The highest BCUT2D eigenvalue weighted by atomic mass is 16.1. The molecule has 3 rings (SSSR count). The van der Waals surface area contributed by atoms with Crippen molar-refractivity contribution in [2.45, 2.75) is 41.0 Å². The van der Waals surface area contributed by atoms with E-state index in [0.717, 1.165) is 12.0 Å². The second-order valence-corrected chi connectivity index (χ2v) is 8.23. The third kappa shape index (κ3) is 2.87. The van der Waals surface area contributed by atoms with Gasteiger partial charge in [0.15, 0.2) is 5.78 Å². The summed E-state index contributed by atoms with van der Waals surface area (Å²) in [7, 11) is 0. The van der Waals surface area contributed by atoms with Crippen LogP contribution in [0.1, 0.15) is 60.5 Å². The minimum Gasteiger partial charge on any atom is -0.338 e. The number of hydrogen-bond donors (Lipinski definition) is 1. The Kier molecular flexibility index (Phi) is 4.14. The van der Waals surface area contributed by atoms with Gasteiger partial charge in [0.2, 0.25) is 11.3 Å². The summed E-state index contributed by atoms with van der Waals surface area (Å²) in [6.45, 7) is 14.5. The fourth-order valence-electron chi connectivity index (χ4n) is 3.48. The topological polar surface area (TPSA) is 70.2 Å². The highest BCUT2D eigenvalue weighted by molar-refractivity contribution is 6.28. The summed E-state index contributed by atoms with van der Waals surface area (Å²) in [5.41, 5.74) is 2.75. The predicted octanol–water partition coefficient (Wildman–Crippen LogP) is 3.53. The highest BCUT2D eigenvalue weighted by Gasteiger charge is 2.40. The molecule has 5 heteroatoms. The van der Waals surface area contributed by atoms with Crippen LogP contribution >= 0.6 is 0 Å². The first-order valence-corrected chi connectivity index (χ1v) is 8.74. The first-order valence-electron chi connectivity index (χ1n) is 8.74. The first kappa shape index (κ1) is 18.1. The monoisotopic (exact) mass is 352 g/mol. The van der Waals surface area contributed by atoms with E-state index in [1.807, 2.05) is 17.9 Å². The Bertz CT molecular complexity index is 968. The molecule has 0 bridgehead atoms. The van der Waals surface area contributed by atoms with Gasteiger partial charge < -0.3 is 9.88 Å². The lowest BCUT2D eigenvalue weighted by atomic mass is 9.82. The molecule has 0 unspecified atom stereocenters. The second kappa shape index (κ2) is 5.94. The van der Waals surface area contributed by atoms with E-state index in [0.29, 0.717) is 34.6 Å². The SMILES string of the molecule is C=C1C=C(C)C2=C(C(=O)c3[nH]c(=O)cc(C)c3C2=O)N1CCC(C)(C)C. The largest absolute Gasteiger partial charge is 0.338 e. The normalized spacial score (nSPS) is 17.3. The number of fused-ring (bicyclic) bond motifs is 1. The predicted molar refractivity (Wildman–Crippen MR) is 101 cm³/mol. The van der Waals surface area contributed by atoms with E-state index in [1.54, 1.807) is 6.92 Å². The number of Topliss-reactive ketones (excluding diaryl/α,β-unsaturated/α-hetero) is 2. The number of aromatic amines is 1. The van der Waals surface area contributed by atoms with Gasteiger partial charge in [0.1, 0.15) is 11.4 Å². The Labute approximate surface area is 153 Å². The molecule has 0 fully saturated rings. The van der Waals surface area contributed by atoms with Gasteiger partial charge in [-0.25, -0.2) is 0 Å². The first-order chi connectivity index (χ1) is 12.0. The third-order valence-corrected chi connectivity index (χ3v) is 4.85. The van der Waals surface area contributed by atoms with Crippen molar-refractivity contribution in [3.05, 3.63) is 68.4 Å². The maximum Gasteiger partial charge on any atom is 0.248 e. The van der Waals surface area contributed by atoms with Crippen molar-refractivity contribution in [3.63, 3.8) is 0 Å². The molecule has 5 nitrogen and oxygen atoms in total. The molecule has 0 aromatic carbocycles. The Morgan fingerprint density at radius 2 is 1.77 bits per heavy atom. The van der Waals surface area contributed by atoms with Crippen LogP contribution in [0.15, 0.2) is 46.1 Å². The van der Waals surface area contributed by atoms with Gasteiger partial charge in [-0.15, -0.1) is 0 Å². The summed E-state index contributed by atoms with van der Waals surface area (Å²) in [4.78, 5) is 42.6. The molecule has 1 aliphatic heterocycles. The molecule has 2 heterocycles. The van der Waals surface area contributed by atoms with Crippen LogP contribution in [0.2, 0.25) is 0 Å². The van der Waals surface area contributed by atoms with Crippen molar-refractivity contribution >= 4 is 11.6 Å². The van der Waals surface area contributed by atoms with E-state index >= 15 is 0 Å². The van der Waals surface area contributed by atoms with Gasteiger partial charge in [0.25, 0.3) is 0 Å². The smallest absolute Gasteiger partial charge is 0.248 e. The van der Waals surface area contributed by atoms with Crippen molar-refractivity contribution in [1.29, 1.82) is 0 Å². The molecule has 0 saturated carbocycles. The summed E-state index contributed by atoms with van der Waals surface area (Å²) in [6.07, 6.45) is 2.67. The molecule has 1 N–H and O–H groups in total. The number of pyridine rings is 1. The van der Waals surface area contributed by atoms with Crippen LogP contribution in [0.4, 0.5) is 0 Å². The van der Waals surface area contributed by atoms with Crippen molar-refractivity contribution in [3.8, 4) is 0 Å². The van der Waals surface area contributed by atoms with Gasteiger partial charge >= 0.3 is 0 Å². The number of nitrogens with one attached hydrogen (secondary N) is 1. The minimum atomic E-state index is -0.380. The maximum absolute atomic E-state index is 13.2. The molecular weight excluding hydrogens is 328 g/mol. The number of rotatable bonds is 2. The zero-order chi connectivity index (χ0) is 19.4. The summed E-state index contributed by atoms with van der Waals surface area (Å²) in [6, 6.07) is 1.35. The number of allylic oxidation sites excluding steroid dienone is 4. The highest BCUT2D eigenvalue weighted by Crippen LogP contribution is 2.38. The lowest BCUT2D eigenvalue weighted by Gasteiger charge is -2.36. The van der Waals surface area contributed by atoms with Crippen LogP contribution in [-0.2, 0) is 0 Å². The Balaban J connectivity index is 2.18. The lowest BCUT2D eigenvalue weighted by molar-refractivity contribution is 0.0942. The number of nitrogens with zero attached hydrogens (tertiary/aromatic N) is 1. The van der Waals surface area contributed by atoms with E-state index in [-0.39, 0.29) is 28.2 Å². The molecule has 1 aliphatic carbocycles.